The smallest absolute Gasteiger partial charge is 0.167 e. The summed E-state index contributed by atoms with van der Waals surface area (Å²) in [7, 11) is 0. The molecule has 6 heteroatoms. The highest BCUT2D eigenvalue weighted by Gasteiger charge is 2.10. The lowest BCUT2D eigenvalue weighted by Crippen LogP contribution is -2.01. The van der Waals surface area contributed by atoms with Gasteiger partial charge in [0.15, 0.2) is 11.6 Å². The summed E-state index contributed by atoms with van der Waals surface area (Å²) in [6.07, 6.45) is 0. The van der Waals surface area contributed by atoms with Gasteiger partial charge in [-0.2, -0.15) is 0 Å². The summed E-state index contributed by atoms with van der Waals surface area (Å²) in [5.41, 5.74) is 7.12. The van der Waals surface area contributed by atoms with Gasteiger partial charge in [-0.15, -0.1) is 0 Å². The highest BCUT2D eigenvalue weighted by molar-refractivity contribution is 6.35. The number of halogens is 3. The third-order valence-electron chi connectivity index (χ3n) is 2.60. The molecule has 0 saturated carbocycles. The maximum Gasteiger partial charge on any atom is 0.167 e. The van der Waals surface area contributed by atoms with Crippen LogP contribution in [0.25, 0.3) is 0 Å². The summed E-state index contributed by atoms with van der Waals surface area (Å²) >= 11 is 12.0. The first kappa shape index (κ1) is 14.8. The average molecular weight is 315 g/mol. The van der Waals surface area contributed by atoms with Gasteiger partial charge in [0, 0.05) is 17.2 Å². The molecule has 0 aliphatic rings. The molecule has 0 radical (unpaired) electrons. The highest BCUT2D eigenvalue weighted by atomic mass is 35.5. The summed E-state index contributed by atoms with van der Waals surface area (Å²) in [5.74, 6) is -0.380. The molecule has 2 aromatic carbocycles. The zero-order valence-corrected chi connectivity index (χ0v) is 12.2. The maximum absolute atomic E-state index is 13.6. The van der Waals surface area contributed by atoms with Crippen LogP contribution in [0.3, 0.4) is 0 Å². The zero-order chi connectivity index (χ0) is 14.7. The molecule has 0 atom stereocenters. The molecule has 3 N–H and O–H groups in total. The minimum atomic E-state index is -0.507. The molecule has 0 aliphatic heterocycles. The topological polar surface area (TPSA) is 47.3 Å². The molecule has 0 aliphatic carbocycles. The molecule has 2 aromatic rings. The Balaban J connectivity index is 2.37. The number of hydrogen-bond donors (Lipinski definition) is 2. The van der Waals surface area contributed by atoms with E-state index in [-0.39, 0.29) is 11.4 Å². The predicted octanol–water partition coefficient (Wildman–Crippen LogP) is 4.86. The molecular formula is C14H13Cl2FN2O. The molecule has 2 rings (SSSR count). The first-order valence-corrected chi connectivity index (χ1v) is 6.70. The lowest BCUT2D eigenvalue weighted by molar-refractivity contribution is 0.322. The maximum atomic E-state index is 13.6. The Labute approximate surface area is 126 Å². The molecule has 0 amide bonds. The lowest BCUT2D eigenvalue weighted by Gasteiger charge is -2.13. The van der Waals surface area contributed by atoms with Crippen LogP contribution in [0, 0.1) is 5.82 Å². The summed E-state index contributed by atoms with van der Waals surface area (Å²) in [6.45, 7) is 2.13. The van der Waals surface area contributed by atoms with E-state index in [1.807, 2.05) is 0 Å². The molecule has 0 fully saturated rings. The molecule has 3 nitrogen and oxygen atoms in total. The van der Waals surface area contributed by atoms with Gasteiger partial charge in [-0.3, -0.25) is 0 Å². The van der Waals surface area contributed by atoms with Crippen LogP contribution in [0.1, 0.15) is 6.92 Å². The van der Waals surface area contributed by atoms with Gasteiger partial charge >= 0.3 is 0 Å². The summed E-state index contributed by atoms with van der Waals surface area (Å²) < 4.78 is 18.8. The van der Waals surface area contributed by atoms with Crippen LogP contribution in [0.15, 0.2) is 30.3 Å². The molecule has 0 saturated heterocycles. The lowest BCUT2D eigenvalue weighted by atomic mass is 10.2. The van der Waals surface area contributed by atoms with Crippen LogP contribution < -0.4 is 15.8 Å². The fourth-order valence-corrected chi connectivity index (χ4v) is 2.02. The normalized spacial score (nSPS) is 10.4. The van der Waals surface area contributed by atoms with E-state index < -0.39 is 5.82 Å². The van der Waals surface area contributed by atoms with Crippen LogP contribution in [-0.4, -0.2) is 6.61 Å². The van der Waals surface area contributed by atoms with Crippen molar-refractivity contribution < 1.29 is 9.13 Å². The van der Waals surface area contributed by atoms with Gasteiger partial charge < -0.3 is 15.8 Å². The molecule has 106 valence electrons. The minimum absolute atomic E-state index is 0.127. The standard InChI is InChI=1S/C14H13Cl2FN2O/c1-2-20-14-7-13(11(18)6-10(14)17)19-12-5-8(15)3-4-9(12)16/h3-7,19H,2,18H2,1H3. The largest absolute Gasteiger partial charge is 0.491 e. The molecule has 20 heavy (non-hydrogen) atoms. The van der Waals surface area contributed by atoms with Crippen LogP contribution >= 0.6 is 23.2 Å². The van der Waals surface area contributed by atoms with Crippen LogP contribution in [0.2, 0.25) is 10.0 Å². The third kappa shape index (κ3) is 3.26. The van der Waals surface area contributed by atoms with Crippen molar-refractivity contribution in [3.63, 3.8) is 0 Å². The number of nitrogen functional groups attached to an aromatic ring is 1. The second-order valence-electron chi connectivity index (χ2n) is 4.05. The number of hydrogen-bond acceptors (Lipinski definition) is 3. The van der Waals surface area contributed by atoms with E-state index in [9.17, 15) is 4.39 Å². The SMILES string of the molecule is CCOc1cc(Nc2cc(Cl)ccc2Cl)c(N)cc1F. The quantitative estimate of drug-likeness (QED) is 0.792. The molecule has 0 unspecified atom stereocenters. The molecule has 0 spiro atoms. The fourth-order valence-electron chi connectivity index (χ4n) is 1.68. The molecule has 0 bridgehead atoms. The first-order valence-electron chi connectivity index (χ1n) is 5.95. The number of anilines is 3. The van der Waals surface area contributed by atoms with Gasteiger partial charge in [0.25, 0.3) is 0 Å². The highest BCUT2D eigenvalue weighted by Crippen LogP contribution is 2.34. The third-order valence-corrected chi connectivity index (χ3v) is 3.17. The van der Waals surface area contributed by atoms with Gasteiger partial charge in [0.05, 0.1) is 28.7 Å². The van der Waals surface area contributed by atoms with Crippen LogP contribution in [-0.2, 0) is 0 Å². The second kappa shape index (κ2) is 6.20. The van der Waals surface area contributed by atoms with Crippen molar-refractivity contribution in [3.8, 4) is 5.75 Å². The van der Waals surface area contributed by atoms with E-state index in [1.54, 1.807) is 25.1 Å². The monoisotopic (exact) mass is 314 g/mol. The predicted molar refractivity (Wildman–Crippen MR) is 81.7 cm³/mol. The van der Waals surface area contributed by atoms with Gasteiger partial charge in [-0.25, -0.2) is 4.39 Å². The van der Waals surface area contributed by atoms with Crippen LogP contribution in [0.4, 0.5) is 21.5 Å². The number of nitrogens with two attached hydrogens (primary N) is 1. The minimum Gasteiger partial charge on any atom is -0.491 e. The van der Waals surface area contributed by atoms with Crippen molar-refractivity contribution in [2.45, 2.75) is 6.92 Å². The average Bonchev–Trinajstić information content (AvgIpc) is 2.39. The summed E-state index contributed by atoms with van der Waals surface area (Å²) in [4.78, 5) is 0. The van der Waals surface area contributed by atoms with Gasteiger partial charge in [0.1, 0.15) is 0 Å². The van der Waals surface area contributed by atoms with E-state index in [0.717, 1.165) is 0 Å². The van der Waals surface area contributed by atoms with Gasteiger partial charge in [0.2, 0.25) is 0 Å². The van der Waals surface area contributed by atoms with E-state index in [2.05, 4.69) is 5.32 Å². The van der Waals surface area contributed by atoms with Crippen molar-refractivity contribution in [3.05, 3.63) is 46.2 Å². The number of benzene rings is 2. The zero-order valence-electron chi connectivity index (χ0n) is 10.7. The van der Waals surface area contributed by atoms with Crippen molar-refractivity contribution >= 4 is 40.3 Å². The Bertz CT molecular complexity index is 635. The first-order chi connectivity index (χ1) is 9.51. The Kier molecular flexibility index (Phi) is 4.57. The molecular weight excluding hydrogens is 302 g/mol. The molecule has 0 heterocycles. The van der Waals surface area contributed by atoms with Crippen molar-refractivity contribution in [1.29, 1.82) is 0 Å². The Morgan fingerprint density at radius 1 is 1.20 bits per heavy atom. The van der Waals surface area contributed by atoms with Crippen LogP contribution in [0.5, 0.6) is 5.75 Å². The van der Waals surface area contributed by atoms with Crippen molar-refractivity contribution in [2.24, 2.45) is 0 Å². The van der Waals surface area contributed by atoms with E-state index in [4.69, 9.17) is 33.7 Å². The Morgan fingerprint density at radius 3 is 2.65 bits per heavy atom. The Morgan fingerprint density at radius 2 is 1.95 bits per heavy atom. The summed E-state index contributed by atoms with van der Waals surface area (Å²) in [5, 5.41) is 4.03. The Hall–Kier alpha value is -1.65. The van der Waals surface area contributed by atoms with Gasteiger partial charge in [-0.1, -0.05) is 23.2 Å². The summed E-state index contributed by atoms with van der Waals surface area (Å²) in [6, 6.07) is 7.69. The van der Waals surface area contributed by atoms with Gasteiger partial charge in [-0.05, 0) is 25.1 Å². The fraction of sp³-hybridized carbons (Fsp3) is 0.143. The molecule has 0 aromatic heterocycles. The number of ether oxygens (including phenoxy) is 1. The van der Waals surface area contributed by atoms with Crippen molar-refractivity contribution in [1.82, 2.24) is 0 Å². The van der Waals surface area contributed by atoms with E-state index in [1.165, 1.54) is 12.1 Å². The van der Waals surface area contributed by atoms with E-state index in [0.29, 0.717) is 28.0 Å². The van der Waals surface area contributed by atoms with E-state index >= 15 is 0 Å². The number of nitrogens with one attached hydrogen (secondary N) is 1. The van der Waals surface area contributed by atoms with Crippen molar-refractivity contribution in [2.75, 3.05) is 17.7 Å². The number of rotatable bonds is 4. The second-order valence-corrected chi connectivity index (χ2v) is 4.90.